The minimum atomic E-state index is -2.86. The zero-order chi connectivity index (χ0) is 15.5. The average molecular weight is 332 g/mol. The highest BCUT2D eigenvalue weighted by Gasteiger charge is 2.21. The van der Waals surface area contributed by atoms with E-state index in [4.69, 9.17) is 0 Å². The van der Waals surface area contributed by atoms with Crippen molar-refractivity contribution in [3.63, 3.8) is 0 Å². The number of thiazole rings is 1. The molecule has 0 aliphatic carbocycles. The fraction of sp³-hybridized carbons (Fsp3) is 0.786. The molecule has 0 aromatic carbocycles. The van der Waals surface area contributed by atoms with Crippen molar-refractivity contribution in [2.75, 3.05) is 36.0 Å². The van der Waals surface area contributed by atoms with Crippen LogP contribution in [-0.4, -0.2) is 44.5 Å². The van der Waals surface area contributed by atoms with Gasteiger partial charge in [0.25, 0.3) is 0 Å². The van der Waals surface area contributed by atoms with Gasteiger partial charge in [0.15, 0.2) is 15.0 Å². The van der Waals surface area contributed by atoms with E-state index >= 15 is 0 Å². The van der Waals surface area contributed by atoms with Crippen LogP contribution in [0.1, 0.15) is 30.8 Å². The number of rotatable bonds is 5. The number of hydrogen-bond donors (Lipinski definition) is 1. The summed E-state index contributed by atoms with van der Waals surface area (Å²) in [5.74, 6) is 1.18. The van der Waals surface area contributed by atoms with Crippen molar-refractivity contribution in [3.05, 3.63) is 10.6 Å². The van der Waals surface area contributed by atoms with E-state index < -0.39 is 9.84 Å². The summed E-state index contributed by atoms with van der Waals surface area (Å²) in [6.07, 6.45) is 0.696. The maximum atomic E-state index is 11.7. The van der Waals surface area contributed by atoms with Gasteiger partial charge in [-0.15, -0.1) is 11.3 Å². The Hall–Kier alpha value is -0.660. The molecule has 1 fully saturated rings. The molecule has 0 unspecified atom stereocenters. The van der Waals surface area contributed by atoms with Crippen LogP contribution in [0.2, 0.25) is 0 Å². The highest BCUT2D eigenvalue weighted by Crippen LogP contribution is 2.27. The Bertz CT molecular complexity index is 567. The Balaban J connectivity index is 2.00. The number of sulfone groups is 1. The SMILES string of the molecule is Cc1nc(N2CCCS(=O)(=O)CC2)sc1CNCC(C)C. The zero-order valence-electron chi connectivity index (χ0n) is 13.1. The van der Waals surface area contributed by atoms with Crippen LogP contribution < -0.4 is 10.2 Å². The lowest BCUT2D eigenvalue weighted by atomic mass is 10.2. The van der Waals surface area contributed by atoms with E-state index in [1.807, 2.05) is 6.92 Å². The molecule has 0 radical (unpaired) electrons. The fourth-order valence-corrected chi connectivity index (χ4v) is 4.67. The molecular formula is C14H25N3O2S2. The summed E-state index contributed by atoms with van der Waals surface area (Å²) in [6, 6.07) is 0. The number of nitrogens with zero attached hydrogens (tertiary/aromatic N) is 2. The van der Waals surface area contributed by atoms with Gasteiger partial charge in [0.05, 0.1) is 17.2 Å². The molecule has 0 bridgehead atoms. The molecule has 1 aliphatic heterocycles. The quantitative estimate of drug-likeness (QED) is 0.892. The zero-order valence-corrected chi connectivity index (χ0v) is 14.7. The molecule has 2 rings (SSSR count). The molecule has 0 spiro atoms. The molecule has 1 aromatic heterocycles. The van der Waals surface area contributed by atoms with Gasteiger partial charge >= 0.3 is 0 Å². The van der Waals surface area contributed by atoms with Crippen LogP contribution in [0.15, 0.2) is 0 Å². The standard InChI is InChI=1S/C14H25N3O2S2/c1-11(2)9-15-10-13-12(3)16-14(20-13)17-5-4-7-21(18,19)8-6-17/h11,15H,4-10H2,1-3H3. The van der Waals surface area contributed by atoms with E-state index in [-0.39, 0.29) is 5.75 Å². The number of nitrogens with one attached hydrogen (secondary N) is 1. The summed E-state index contributed by atoms with van der Waals surface area (Å²) in [7, 11) is -2.86. The molecule has 1 N–H and O–H groups in total. The Morgan fingerprint density at radius 1 is 1.33 bits per heavy atom. The van der Waals surface area contributed by atoms with Gasteiger partial charge in [0.1, 0.15) is 0 Å². The first-order valence-corrected chi connectivity index (χ1v) is 10.1. The van der Waals surface area contributed by atoms with Gasteiger partial charge in [-0.2, -0.15) is 0 Å². The number of hydrogen-bond acceptors (Lipinski definition) is 6. The van der Waals surface area contributed by atoms with Gasteiger partial charge in [0.2, 0.25) is 0 Å². The molecule has 0 atom stereocenters. The van der Waals surface area contributed by atoms with Gasteiger partial charge < -0.3 is 10.2 Å². The lowest BCUT2D eigenvalue weighted by Gasteiger charge is -2.17. The van der Waals surface area contributed by atoms with Crippen LogP contribution in [-0.2, 0) is 16.4 Å². The van der Waals surface area contributed by atoms with E-state index in [2.05, 4.69) is 29.0 Å². The second-order valence-corrected chi connectivity index (χ2v) is 9.39. The Morgan fingerprint density at radius 2 is 2.10 bits per heavy atom. The first-order chi connectivity index (χ1) is 9.87. The van der Waals surface area contributed by atoms with E-state index in [9.17, 15) is 8.42 Å². The van der Waals surface area contributed by atoms with Crippen LogP contribution in [0.4, 0.5) is 5.13 Å². The topological polar surface area (TPSA) is 62.3 Å². The van der Waals surface area contributed by atoms with Crippen LogP contribution in [0.3, 0.4) is 0 Å². The van der Waals surface area contributed by atoms with Crippen LogP contribution in [0, 0.1) is 12.8 Å². The smallest absolute Gasteiger partial charge is 0.185 e. The summed E-state index contributed by atoms with van der Waals surface area (Å²) in [4.78, 5) is 8.00. The third-order valence-electron chi connectivity index (χ3n) is 3.55. The van der Waals surface area contributed by atoms with E-state index in [0.29, 0.717) is 24.6 Å². The van der Waals surface area contributed by atoms with Crippen LogP contribution in [0.25, 0.3) is 0 Å². The largest absolute Gasteiger partial charge is 0.347 e. The normalized spacial score (nSPS) is 19.0. The first-order valence-electron chi connectivity index (χ1n) is 7.50. The van der Waals surface area contributed by atoms with Gasteiger partial charge in [-0.1, -0.05) is 13.8 Å². The number of aryl methyl sites for hydroxylation is 1. The third-order valence-corrected chi connectivity index (χ3v) is 6.48. The Morgan fingerprint density at radius 3 is 2.81 bits per heavy atom. The molecule has 0 amide bonds. The molecule has 21 heavy (non-hydrogen) atoms. The highest BCUT2D eigenvalue weighted by atomic mass is 32.2. The fourth-order valence-electron chi connectivity index (χ4n) is 2.32. The molecule has 2 heterocycles. The minimum Gasteiger partial charge on any atom is -0.347 e. The van der Waals surface area contributed by atoms with E-state index in [1.165, 1.54) is 4.88 Å². The average Bonchev–Trinajstić information content (AvgIpc) is 2.64. The van der Waals surface area contributed by atoms with Gasteiger partial charge in [-0.05, 0) is 25.8 Å². The summed E-state index contributed by atoms with van der Waals surface area (Å²) < 4.78 is 23.3. The predicted octanol–water partition coefficient (Wildman–Crippen LogP) is 1.82. The summed E-state index contributed by atoms with van der Waals surface area (Å²) in [6.45, 7) is 9.59. The predicted molar refractivity (Wildman–Crippen MR) is 88.9 cm³/mol. The van der Waals surface area contributed by atoms with Crippen LogP contribution in [0.5, 0.6) is 0 Å². The lowest BCUT2D eigenvalue weighted by Crippen LogP contribution is -2.26. The second-order valence-electron chi connectivity index (χ2n) is 6.02. The maximum absolute atomic E-state index is 11.7. The number of aromatic nitrogens is 1. The second kappa shape index (κ2) is 7.07. The van der Waals surface area contributed by atoms with Crippen molar-refractivity contribution < 1.29 is 8.42 Å². The van der Waals surface area contributed by atoms with Gasteiger partial charge in [-0.3, -0.25) is 0 Å². The monoisotopic (exact) mass is 331 g/mol. The molecule has 7 heteroatoms. The van der Waals surface area contributed by atoms with Crippen molar-refractivity contribution in [2.45, 2.75) is 33.7 Å². The van der Waals surface area contributed by atoms with Crippen molar-refractivity contribution in [1.29, 1.82) is 0 Å². The molecular weight excluding hydrogens is 306 g/mol. The summed E-state index contributed by atoms with van der Waals surface area (Å²) in [5, 5.41) is 4.40. The third kappa shape index (κ3) is 4.93. The highest BCUT2D eigenvalue weighted by molar-refractivity contribution is 7.91. The minimum absolute atomic E-state index is 0.243. The van der Waals surface area contributed by atoms with E-state index in [0.717, 1.165) is 30.5 Å². The molecule has 5 nitrogen and oxygen atoms in total. The summed E-state index contributed by atoms with van der Waals surface area (Å²) >= 11 is 1.68. The molecule has 1 aromatic rings. The summed E-state index contributed by atoms with van der Waals surface area (Å²) in [5.41, 5.74) is 1.05. The number of anilines is 1. The first kappa shape index (κ1) is 16.7. The Labute approximate surface area is 131 Å². The van der Waals surface area contributed by atoms with Gasteiger partial charge in [-0.25, -0.2) is 13.4 Å². The molecule has 0 saturated carbocycles. The van der Waals surface area contributed by atoms with Crippen molar-refractivity contribution in [1.82, 2.24) is 10.3 Å². The van der Waals surface area contributed by atoms with Crippen molar-refractivity contribution >= 4 is 26.3 Å². The van der Waals surface area contributed by atoms with Crippen LogP contribution >= 0.6 is 11.3 Å². The van der Waals surface area contributed by atoms with Gasteiger partial charge in [0, 0.05) is 24.5 Å². The van der Waals surface area contributed by atoms with E-state index in [1.54, 1.807) is 11.3 Å². The molecule has 1 saturated heterocycles. The molecule has 1 aliphatic rings. The van der Waals surface area contributed by atoms with Crippen molar-refractivity contribution in [3.8, 4) is 0 Å². The molecule has 120 valence electrons. The maximum Gasteiger partial charge on any atom is 0.185 e. The lowest BCUT2D eigenvalue weighted by molar-refractivity contribution is 0.554. The Kier molecular flexibility index (Phi) is 5.62. The van der Waals surface area contributed by atoms with Crippen molar-refractivity contribution in [2.24, 2.45) is 5.92 Å².